The van der Waals surface area contributed by atoms with Gasteiger partial charge >= 0.3 is 0 Å². The number of nitro groups is 1. The molecule has 0 bridgehead atoms. The van der Waals surface area contributed by atoms with E-state index in [1.807, 2.05) is 20.8 Å². The number of nitrogens with zero attached hydrogens (tertiary/aromatic N) is 2. The maximum absolute atomic E-state index is 12.7. The normalized spacial score (nSPS) is 17.9. The molecule has 0 spiro atoms. The molecule has 1 aliphatic rings. The highest BCUT2D eigenvalue weighted by Gasteiger charge is 2.38. The fourth-order valence-corrected chi connectivity index (χ4v) is 3.44. The summed E-state index contributed by atoms with van der Waals surface area (Å²) in [5.41, 5.74) is -0.643. The van der Waals surface area contributed by atoms with Gasteiger partial charge in [-0.1, -0.05) is 12.1 Å². The minimum atomic E-state index is -0.619. The van der Waals surface area contributed by atoms with Crippen LogP contribution in [0.2, 0.25) is 0 Å². The van der Waals surface area contributed by atoms with Crippen molar-refractivity contribution < 1.29 is 14.5 Å². The zero-order chi connectivity index (χ0) is 17.2. The monoisotopic (exact) mass is 337 g/mol. The Kier molecular flexibility index (Phi) is 4.93. The van der Waals surface area contributed by atoms with E-state index in [9.17, 15) is 19.7 Å². The number of hydrogen-bond donors (Lipinski definition) is 1. The molecule has 0 aliphatic carbocycles. The third-order valence-corrected chi connectivity index (χ3v) is 4.29. The van der Waals surface area contributed by atoms with E-state index >= 15 is 0 Å². The van der Waals surface area contributed by atoms with E-state index in [2.05, 4.69) is 5.32 Å². The van der Waals surface area contributed by atoms with Crippen molar-refractivity contribution in [2.45, 2.75) is 32.4 Å². The van der Waals surface area contributed by atoms with Crippen LogP contribution in [0.25, 0.3) is 0 Å². The molecule has 1 saturated heterocycles. The molecule has 0 unspecified atom stereocenters. The van der Waals surface area contributed by atoms with Crippen molar-refractivity contribution in [3.05, 3.63) is 39.9 Å². The predicted molar refractivity (Wildman–Crippen MR) is 88.3 cm³/mol. The average Bonchev–Trinajstić information content (AvgIpc) is 2.94. The van der Waals surface area contributed by atoms with E-state index in [4.69, 9.17) is 0 Å². The third kappa shape index (κ3) is 4.01. The number of rotatable bonds is 3. The number of benzene rings is 1. The first-order valence-electron chi connectivity index (χ1n) is 7.15. The van der Waals surface area contributed by atoms with Gasteiger partial charge in [0.25, 0.3) is 11.6 Å². The van der Waals surface area contributed by atoms with E-state index in [0.29, 0.717) is 11.6 Å². The van der Waals surface area contributed by atoms with Crippen molar-refractivity contribution >= 4 is 29.3 Å². The summed E-state index contributed by atoms with van der Waals surface area (Å²) in [7, 11) is 0. The van der Waals surface area contributed by atoms with Gasteiger partial charge in [-0.05, 0) is 26.8 Å². The Labute approximate surface area is 138 Å². The predicted octanol–water partition coefficient (Wildman–Crippen LogP) is 2.02. The van der Waals surface area contributed by atoms with Gasteiger partial charge in [0, 0.05) is 17.4 Å². The van der Waals surface area contributed by atoms with E-state index in [-0.39, 0.29) is 17.2 Å². The lowest BCUT2D eigenvalue weighted by Gasteiger charge is -2.27. The van der Waals surface area contributed by atoms with Crippen molar-refractivity contribution in [1.29, 1.82) is 0 Å². The smallest absolute Gasteiger partial charge is 0.282 e. The van der Waals surface area contributed by atoms with Gasteiger partial charge in [0.15, 0.2) is 0 Å². The van der Waals surface area contributed by atoms with Gasteiger partial charge in [0.1, 0.15) is 11.6 Å². The summed E-state index contributed by atoms with van der Waals surface area (Å²) in [6, 6.07) is 5.18. The van der Waals surface area contributed by atoms with Crippen LogP contribution < -0.4 is 5.32 Å². The molecule has 1 atom stereocenters. The molecule has 1 aliphatic heterocycles. The van der Waals surface area contributed by atoms with E-state index in [0.717, 1.165) is 0 Å². The lowest BCUT2D eigenvalue weighted by atomic mass is 10.1. The summed E-state index contributed by atoms with van der Waals surface area (Å²) < 4.78 is 0. The van der Waals surface area contributed by atoms with Crippen LogP contribution in [0.5, 0.6) is 0 Å². The molecule has 0 aromatic heterocycles. The fraction of sp³-hybridized carbons (Fsp3) is 0.467. The highest BCUT2D eigenvalue weighted by atomic mass is 32.2. The summed E-state index contributed by atoms with van der Waals surface area (Å²) in [6.07, 6.45) is 0. The first-order chi connectivity index (χ1) is 10.7. The lowest BCUT2D eigenvalue weighted by Crippen LogP contribution is -2.52. The second kappa shape index (κ2) is 6.57. The van der Waals surface area contributed by atoms with Crippen LogP contribution in [0.1, 0.15) is 31.1 Å². The number of nitro benzene ring substituents is 1. The van der Waals surface area contributed by atoms with Crippen LogP contribution in [-0.2, 0) is 4.79 Å². The molecule has 2 rings (SSSR count). The minimum absolute atomic E-state index is 0.00792. The van der Waals surface area contributed by atoms with Crippen LogP contribution in [-0.4, -0.2) is 44.8 Å². The zero-order valence-electron chi connectivity index (χ0n) is 13.2. The molecule has 0 radical (unpaired) electrons. The van der Waals surface area contributed by atoms with Gasteiger partial charge in [-0.25, -0.2) is 0 Å². The molecule has 7 nitrogen and oxygen atoms in total. The fourth-order valence-electron chi connectivity index (χ4n) is 2.28. The number of carbonyl (C=O) groups excluding carboxylic acids is 2. The summed E-state index contributed by atoms with van der Waals surface area (Å²) in [5.74, 6) is 0.0901. The van der Waals surface area contributed by atoms with Gasteiger partial charge in [0.2, 0.25) is 5.91 Å². The molecule has 2 amide bonds. The van der Waals surface area contributed by atoms with E-state index < -0.39 is 22.4 Å². The molecular formula is C15H19N3O4S. The molecule has 1 N–H and O–H groups in total. The first kappa shape index (κ1) is 17.3. The summed E-state index contributed by atoms with van der Waals surface area (Å²) in [6.45, 7) is 5.59. The maximum Gasteiger partial charge on any atom is 0.282 e. The first-order valence-corrected chi connectivity index (χ1v) is 8.30. The summed E-state index contributed by atoms with van der Waals surface area (Å²) >= 11 is 1.46. The SMILES string of the molecule is CC(C)(C)NC(=O)[C@@H]1CSCN1C(=O)c1ccccc1[N+](=O)[O-]. The summed E-state index contributed by atoms with van der Waals surface area (Å²) in [4.78, 5) is 37.0. The molecular weight excluding hydrogens is 318 g/mol. The van der Waals surface area contributed by atoms with Crippen LogP contribution in [0.15, 0.2) is 24.3 Å². The van der Waals surface area contributed by atoms with Crippen LogP contribution in [0.3, 0.4) is 0 Å². The van der Waals surface area contributed by atoms with Gasteiger partial charge < -0.3 is 10.2 Å². The van der Waals surface area contributed by atoms with Crippen molar-refractivity contribution in [3.63, 3.8) is 0 Å². The quantitative estimate of drug-likeness (QED) is 0.673. The number of hydrogen-bond acceptors (Lipinski definition) is 5. The topological polar surface area (TPSA) is 92.6 Å². The largest absolute Gasteiger partial charge is 0.350 e. The minimum Gasteiger partial charge on any atom is -0.350 e. The molecule has 1 aromatic rings. The Hall–Kier alpha value is -2.09. The number of thioether (sulfide) groups is 1. The second-order valence-electron chi connectivity index (χ2n) is 6.30. The number of carbonyl (C=O) groups is 2. The number of amides is 2. The summed E-state index contributed by atoms with van der Waals surface area (Å²) in [5, 5.41) is 13.9. The van der Waals surface area contributed by atoms with Crippen molar-refractivity contribution in [3.8, 4) is 0 Å². The highest BCUT2D eigenvalue weighted by Crippen LogP contribution is 2.27. The molecule has 0 saturated carbocycles. The standard InChI is InChI=1S/C15H19N3O4S/c1-15(2,3)16-13(19)12-8-23-9-17(12)14(20)10-6-4-5-7-11(10)18(21)22/h4-7,12H,8-9H2,1-3H3,(H,16,19)/t12-/m0/s1. The molecule has 1 aromatic carbocycles. The number of para-hydroxylation sites is 1. The van der Waals surface area contributed by atoms with E-state index in [1.165, 1.54) is 34.9 Å². The van der Waals surface area contributed by atoms with Crippen molar-refractivity contribution in [1.82, 2.24) is 10.2 Å². The van der Waals surface area contributed by atoms with Crippen LogP contribution >= 0.6 is 11.8 Å². The van der Waals surface area contributed by atoms with Crippen LogP contribution in [0.4, 0.5) is 5.69 Å². The Morgan fingerprint density at radius 1 is 1.35 bits per heavy atom. The maximum atomic E-state index is 12.7. The average molecular weight is 337 g/mol. The van der Waals surface area contributed by atoms with Crippen molar-refractivity contribution in [2.75, 3.05) is 11.6 Å². The number of nitrogens with one attached hydrogen (secondary N) is 1. The zero-order valence-corrected chi connectivity index (χ0v) is 14.1. The van der Waals surface area contributed by atoms with Gasteiger partial charge in [0.05, 0.1) is 10.8 Å². The van der Waals surface area contributed by atoms with Crippen LogP contribution in [0, 0.1) is 10.1 Å². The Bertz CT molecular complexity index is 642. The Morgan fingerprint density at radius 2 is 2.00 bits per heavy atom. The molecule has 8 heteroatoms. The molecule has 1 heterocycles. The molecule has 124 valence electrons. The Balaban J connectivity index is 2.25. The van der Waals surface area contributed by atoms with Gasteiger partial charge in [-0.3, -0.25) is 19.7 Å². The lowest BCUT2D eigenvalue weighted by molar-refractivity contribution is -0.385. The second-order valence-corrected chi connectivity index (χ2v) is 7.30. The third-order valence-electron chi connectivity index (χ3n) is 3.28. The molecule has 1 fully saturated rings. The Morgan fingerprint density at radius 3 is 2.61 bits per heavy atom. The van der Waals surface area contributed by atoms with Gasteiger partial charge in [-0.2, -0.15) is 0 Å². The van der Waals surface area contributed by atoms with Gasteiger partial charge in [-0.15, -0.1) is 11.8 Å². The van der Waals surface area contributed by atoms with E-state index in [1.54, 1.807) is 6.07 Å². The highest BCUT2D eigenvalue weighted by molar-refractivity contribution is 7.99. The molecule has 23 heavy (non-hydrogen) atoms. The van der Waals surface area contributed by atoms with Crippen molar-refractivity contribution in [2.24, 2.45) is 0 Å².